The molecule has 0 atom stereocenters. The van der Waals surface area contributed by atoms with Gasteiger partial charge in [0.2, 0.25) is 0 Å². The van der Waals surface area contributed by atoms with Gasteiger partial charge in [0.15, 0.2) is 0 Å². The van der Waals surface area contributed by atoms with Gasteiger partial charge in [0.05, 0.1) is 16.8 Å². The van der Waals surface area contributed by atoms with Gasteiger partial charge in [0.25, 0.3) is 11.8 Å². The number of nitrogens with zero attached hydrogens (tertiary/aromatic N) is 3. The number of likely N-dealkylation sites (tertiary alicyclic amines) is 1. The molecular formula is C30H36N6O4. The number of amides is 3. The van der Waals surface area contributed by atoms with Crippen molar-refractivity contribution in [3.8, 4) is 11.1 Å². The van der Waals surface area contributed by atoms with E-state index < -0.39 is 6.09 Å². The van der Waals surface area contributed by atoms with Gasteiger partial charge >= 0.3 is 6.09 Å². The molecule has 1 fully saturated rings. The number of anilines is 1. The molecule has 0 unspecified atom stereocenters. The third kappa shape index (κ3) is 7.87. The lowest BCUT2D eigenvalue weighted by atomic mass is 10.0. The number of carbonyl (C=O) groups is 3. The second kappa shape index (κ2) is 14.2. The minimum absolute atomic E-state index is 0.168. The predicted octanol–water partition coefficient (Wildman–Crippen LogP) is 3.22. The number of aromatic nitrogens is 1. The highest BCUT2D eigenvalue weighted by molar-refractivity contribution is 5.99. The standard InChI is InChI=1S/C30H36N6O4/c1-35(29(38)24-19-23(20-32-21-24)28(37)33-14-13-31)17-18-36-15-11-25(12-16-36)40-30(39)34-27-10-6-5-9-26(27)22-7-3-2-4-8-22/h2-10,19-21,25H,11-18,31H2,1H3,(H,33,37)(H,34,39). The van der Waals surface area contributed by atoms with Crippen molar-refractivity contribution in [3.05, 3.63) is 84.2 Å². The first-order valence-corrected chi connectivity index (χ1v) is 13.5. The lowest BCUT2D eigenvalue weighted by Crippen LogP contribution is -2.42. The van der Waals surface area contributed by atoms with Crippen molar-refractivity contribution >= 4 is 23.6 Å². The van der Waals surface area contributed by atoms with Crippen molar-refractivity contribution in [1.82, 2.24) is 20.1 Å². The fraction of sp³-hybridized carbons (Fsp3) is 0.333. The first-order chi connectivity index (χ1) is 19.4. The van der Waals surface area contributed by atoms with Gasteiger partial charge in [0, 0.05) is 64.3 Å². The molecule has 4 rings (SSSR count). The number of benzene rings is 2. The van der Waals surface area contributed by atoms with E-state index in [1.165, 1.54) is 12.4 Å². The maximum Gasteiger partial charge on any atom is 0.411 e. The maximum absolute atomic E-state index is 12.9. The summed E-state index contributed by atoms with van der Waals surface area (Å²) in [7, 11) is 1.73. The average molecular weight is 545 g/mol. The van der Waals surface area contributed by atoms with Gasteiger partial charge in [-0.3, -0.25) is 19.9 Å². The molecule has 2 heterocycles. The van der Waals surface area contributed by atoms with Gasteiger partial charge in [-0.15, -0.1) is 0 Å². The summed E-state index contributed by atoms with van der Waals surface area (Å²) in [5, 5.41) is 5.58. The summed E-state index contributed by atoms with van der Waals surface area (Å²) in [6.45, 7) is 3.42. The molecule has 3 amide bonds. The molecule has 1 aliphatic heterocycles. The number of rotatable bonds is 10. The maximum atomic E-state index is 12.9. The number of hydrogen-bond acceptors (Lipinski definition) is 7. The Balaban J connectivity index is 1.21. The predicted molar refractivity (Wildman–Crippen MR) is 154 cm³/mol. The van der Waals surface area contributed by atoms with Crippen molar-refractivity contribution < 1.29 is 19.1 Å². The van der Waals surface area contributed by atoms with Gasteiger partial charge < -0.3 is 25.6 Å². The molecule has 210 valence electrons. The topological polar surface area (TPSA) is 130 Å². The zero-order valence-corrected chi connectivity index (χ0v) is 22.7. The van der Waals surface area contributed by atoms with Crippen LogP contribution in [-0.2, 0) is 4.74 Å². The van der Waals surface area contributed by atoms with E-state index in [1.807, 2.05) is 54.6 Å². The van der Waals surface area contributed by atoms with E-state index in [9.17, 15) is 14.4 Å². The highest BCUT2D eigenvalue weighted by Crippen LogP contribution is 2.28. The van der Waals surface area contributed by atoms with Crippen LogP contribution in [0.5, 0.6) is 0 Å². The van der Waals surface area contributed by atoms with Gasteiger partial charge in [-0.2, -0.15) is 0 Å². The van der Waals surface area contributed by atoms with Crippen LogP contribution in [0.4, 0.5) is 10.5 Å². The Bertz CT molecular complexity index is 1290. The van der Waals surface area contributed by atoms with Crippen molar-refractivity contribution in [3.63, 3.8) is 0 Å². The van der Waals surface area contributed by atoms with Gasteiger partial charge in [-0.05, 0) is 30.5 Å². The third-order valence-corrected chi connectivity index (χ3v) is 6.83. The number of pyridine rings is 1. The third-order valence-electron chi connectivity index (χ3n) is 6.83. The van der Waals surface area contributed by atoms with E-state index in [1.54, 1.807) is 18.0 Å². The molecule has 0 bridgehead atoms. The first-order valence-electron chi connectivity index (χ1n) is 13.5. The number of para-hydroxylation sites is 1. The smallest absolute Gasteiger partial charge is 0.411 e. The summed E-state index contributed by atoms with van der Waals surface area (Å²) in [4.78, 5) is 45.6. The molecular weight excluding hydrogens is 508 g/mol. The Morgan fingerprint density at radius 2 is 1.73 bits per heavy atom. The number of ether oxygens (including phenoxy) is 1. The van der Waals surface area contributed by atoms with Crippen LogP contribution in [0, 0.1) is 0 Å². The van der Waals surface area contributed by atoms with Crippen LogP contribution < -0.4 is 16.4 Å². The Labute approximate surface area is 234 Å². The summed E-state index contributed by atoms with van der Waals surface area (Å²) < 4.78 is 5.72. The minimum Gasteiger partial charge on any atom is -0.446 e. The number of likely N-dealkylation sites (N-methyl/N-ethyl adjacent to an activating group) is 1. The zero-order chi connectivity index (χ0) is 28.3. The summed E-state index contributed by atoms with van der Waals surface area (Å²) in [6, 6.07) is 19.1. The van der Waals surface area contributed by atoms with E-state index in [0.717, 1.165) is 37.1 Å². The van der Waals surface area contributed by atoms with E-state index in [2.05, 4.69) is 20.5 Å². The Morgan fingerprint density at radius 3 is 2.48 bits per heavy atom. The fourth-order valence-corrected chi connectivity index (χ4v) is 4.59. The average Bonchev–Trinajstić information content (AvgIpc) is 2.99. The van der Waals surface area contributed by atoms with Crippen LogP contribution in [0.15, 0.2) is 73.1 Å². The van der Waals surface area contributed by atoms with Gasteiger partial charge in [-0.1, -0.05) is 48.5 Å². The molecule has 10 heteroatoms. The number of carbonyl (C=O) groups excluding carboxylic acids is 3. The monoisotopic (exact) mass is 544 g/mol. The normalized spacial score (nSPS) is 13.8. The van der Waals surface area contributed by atoms with E-state index in [0.29, 0.717) is 43.0 Å². The number of nitrogens with one attached hydrogen (secondary N) is 2. The van der Waals surface area contributed by atoms with Crippen LogP contribution in [0.1, 0.15) is 33.6 Å². The molecule has 10 nitrogen and oxygen atoms in total. The molecule has 0 aliphatic carbocycles. The molecule has 3 aromatic rings. The highest BCUT2D eigenvalue weighted by Gasteiger charge is 2.23. The van der Waals surface area contributed by atoms with Crippen LogP contribution in [0.2, 0.25) is 0 Å². The summed E-state index contributed by atoms with van der Waals surface area (Å²) in [5.74, 6) is -0.513. The summed E-state index contributed by atoms with van der Waals surface area (Å²) in [6.07, 6.45) is 3.70. The molecule has 0 saturated carbocycles. The van der Waals surface area contributed by atoms with Crippen molar-refractivity contribution in [1.29, 1.82) is 0 Å². The van der Waals surface area contributed by atoms with E-state index >= 15 is 0 Å². The quantitative estimate of drug-likeness (QED) is 0.357. The van der Waals surface area contributed by atoms with E-state index in [-0.39, 0.29) is 17.9 Å². The molecule has 0 radical (unpaired) electrons. The number of nitrogens with two attached hydrogens (primary N) is 1. The number of piperidine rings is 1. The Hall–Kier alpha value is -4.28. The molecule has 40 heavy (non-hydrogen) atoms. The zero-order valence-electron chi connectivity index (χ0n) is 22.7. The fourth-order valence-electron chi connectivity index (χ4n) is 4.59. The van der Waals surface area contributed by atoms with Gasteiger partial charge in [0.1, 0.15) is 6.10 Å². The van der Waals surface area contributed by atoms with Crippen molar-refractivity contribution in [2.24, 2.45) is 5.73 Å². The highest BCUT2D eigenvalue weighted by atomic mass is 16.6. The van der Waals surface area contributed by atoms with Crippen LogP contribution in [0.3, 0.4) is 0 Å². The lowest BCUT2D eigenvalue weighted by Gasteiger charge is -2.32. The van der Waals surface area contributed by atoms with Crippen LogP contribution in [0.25, 0.3) is 11.1 Å². The summed E-state index contributed by atoms with van der Waals surface area (Å²) >= 11 is 0. The largest absolute Gasteiger partial charge is 0.446 e. The molecule has 1 aliphatic rings. The van der Waals surface area contributed by atoms with Crippen molar-refractivity contribution in [2.45, 2.75) is 18.9 Å². The molecule has 1 aromatic heterocycles. The van der Waals surface area contributed by atoms with E-state index in [4.69, 9.17) is 10.5 Å². The van der Waals surface area contributed by atoms with Crippen LogP contribution in [-0.4, -0.2) is 85.1 Å². The molecule has 4 N–H and O–H groups in total. The minimum atomic E-state index is -0.459. The van der Waals surface area contributed by atoms with Gasteiger partial charge in [-0.25, -0.2) is 4.79 Å². The summed E-state index contributed by atoms with van der Waals surface area (Å²) in [5.41, 5.74) is 8.77. The molecule has 1 saturated heterocycles. The Morgan fingerprint density at radius 1 is 1.02 bits per heavy atom. The van der Waals surface area contributed by atoms with Crippen LogP contribution >= 0.6 is 0 Å². The lowest BCUT2D eigenvalue weighted by molar-refractivity contribution is 0.0540. The first kappa shape index (κ1) is 28.7. The number of hydrogen-bond donors (Lipinski definition) is 3. The van der Waals surface area contributed by atoms with Crippen molar-refractivity contribution in [2.75, 3.05) is 51.6 Å². The SMILES string of the molecule is CN(CCN1CCC(OC(=O)Nc2ccccc2-c2ccccc2)CC1)C(=O)c1cncc(C(=O)NCCN)c1. The second-order valence-electron chi connectivity index (χ2n) is 9.72. The second-order valence-corrected chi connectivity index (χ2v) is 9.72. The Kier molecular flexibility index (Phi) is 10.2. The molecule has 0 spiro atoms. The molecule has 2 aromatic carbocycles.